The molecule has 1 aromatic heterocycles. The molecule has 0 aromatic carbocycles. The summed E-state index contributed by atoms with van der Waals surface area (Å²) in [5.74, 6) is -1.71. The Morgan fingerprint density at radius 1 is 1.53 bits per heavy atom. The summed E-state index contributed by atoms with van der Waals surface area (Å²) in [6.07, 6.45) is -3.41. The van der Waals surface area contributed by atoms with Crippen LogP contribution < -0.4 is 5.11 Å². The third kappa shape index (κ3) is 3.62. The largest absolute Gasteiger partial charge is 0.545 e. The molecule has 0 atom stereocenters. The number of rotatable bonds is 4. The Labute approximate surface area is 82.3 Å². The summed E-state index contributed by atoms with van der Waals surface area (Å²) in [4.78, 5) is 10.4. The van der Waals surface area contributed by atoms with Crippen LogP contribution in [0.25, 0.3) is 0 Å². The number of carbonyl (C=O) groups excluding carboxylic acids is 1. The molecule has 1 rings (SSSR count). The molecule has 0 N–H and O–H groups in total. The topological polar surface area (TPSA) is 62.5 Å². The van der Waals surface area contributed by atoms with Crippen molar-refractivity contribution >= 4 is 5.97 Å². The quantitative estimate of drug-likeness (QED) is 0.754. The first-order chi connectivity index (χ1) is 6.90. The van der Waals surface area contributed by atoms with E-state index < -0.39 is 25.4 Å². The number of hydrogen-bond acceptors (Lipinski definition) is 4. The summed E-state index contributed by atoms with van der Waals surface area (Å²) >= 11 is 0. The second-order valence-corrected chi connectivity index (χ2v) is 2.65. The van der Waals surface area contributed by atoms with Gasteiger partial charge in [0.2, 0.25) is 0 Å². The third-order valence-electron chi connectivity index (χ3n) is 1.46. The van der Waals surface area contributed by atoms with Crippen LogP contribution in [0.2, 0.25) is 0 Å². The van der Waals surface area contributed by atoms with Crippen molar-refractivity contribution in [3.63, 3.8) is 0 Å². The molecule has 0 aliphatic carbocycles. The minimum absolute atomic E-state index is 0.195. The van der Waals surface area contributed by atoms with Crippen molar-refractivity contribution < 1.29 is 32.2 Å². The van der Waals surface area contributed by atoms with Gasteiger partial charge in [-0.05, 0) is 6.07 Å². The van der Waals surface area contributed by atoms with Gasteiger partial charge in [0, 0.05) is 5.56 Å². The van der Waals surface area contributed by atoms with E-state index in [0.29, 0.717) is 0 Å². The van der Waals surface area contributed by atoms with Crippen molar-refractivity contribution in [2.75, 3.05) is 6.61 Å². The van der Waals surface area contributed by atoms with Crippen LogP contribution in [0.1, 0.15) is 16.1 Å². The molecule has 1 heterocycles. The van der Waals surface area contributed by atoms with E-state index in [1.807, 2.05) is 0 Å². The van der Waals surface area contributed by atoms with E-state index in [1.54, 1.807) is 0 Å². The van der Waals surface area contributed by atoms with Gasteiger partial charge in [0.25, 0.3) is 0 Å². The van der Waals surface area contributed by atoms with Gasteiger partial charge in [-0.25, -0.2) is 0 Å². The molecule has 0 aliphatic rings. The van der Waals surface area contributed by atoms with Crippen LogP contribution >= 0.6 is 0 Å². The van der Waals surface area contributed by atoms with E-state index >= 15 is 0 Å². The lowest BCUT2D eigenvalue weighted by molar-refractivity contribution is -0.255. The van der Waals surface area contributed by atoms with Crippen molar-refractivity contribution in [1.29, 1.82) is 0 Å². The van der Waals surface area contributed by atoms with Crippen molar-refractivity contribution in [1.82, 2.24) is 0 Å². The summed E-state index contributed by atoms with van der Waals surface area (Å²) in [7, 11) is 0. The molecule has 4 nitrogen and oxygen atoms in total. The summed E-state index contributed by atoms with van der Waals surface area (Å²) in [5, 5.41) is 10.4. The standard InChI is InChI=1S/C8H7F3O4/c9-8(10,11)4-14-3-6-5(7(12)13)1-2-15-6/h1-2H,3-4H2,(H,12,13)/p-1. The Kier molecular flexibility index (Phi) is 3.35. The van der Waals surface area contributed by atoms with Crippen LogP contribution in [0, 0.1) is 0 Å². The predicted molar refractivity (Wildman–Crippen MR) is 38.7 cm³/mol. The average Bonchev–Trinajstić information content (AvgIpc) is 2.49. The number of carboxylic acids is 1. The van der Waals surface area contributed by atoms with Gasteiger partial charge in [0.1, 0.15) is 19.0 Å². The molecule has 0 saturated heterocycles. The summed E-state index contributed by atoms with van der Waals surface area (Å²) in [5.41, 5.74) is -0.308. The monoisotopic (exact) mass is 223 g/mol. The van der Waals surface area contributed by atoms with Crippen LogP contribution in [-0.2, 0) is 11.3 Å². The number of carbonyl (C=O) groups is 1. The molecule has 1 aromatic rings. The van der Waals surface area contributed by atoms with E-state index in [1.165, 1.54) is 0 Å². The maximum absolute atomic E-state index is 11.7. The van der Waals surface area contributed by atoms with Crippen LogP contribution in [0.15, 0.2) is 16.7 Å². The Hall–Kier alpha value is -1.50. The average molecular weight is 223 g/mol. The van der Waals surface area contributed by atoms with Crippen LogP contribution in [0.5, 0.6) is 0 Å². The maximum atomic E-state index is 11.7. The van der Waals surface area contributed by atoms with Crippen molar-refractivity contribution in [3.05, 3.63) is 23.7 Å². The fraction of sp³-hybridized carbons (Fsp3) is 0.375. The lowest BCUT2D eigenvalue weighted by Crippen LogP contribution is -2.23. The summed E-state index contributed by atoms with van der Waals surface area (Å²) in [6, 6.07) is 1.08. The van der Waals surface area contributed by atoms with Gasteiger partial charge in [-0.1, -0.05) is 0 Å². The molecular formula is C8H6F3O4-. The van der Waals surface area contributed by atoms with Crippen LogP contribution in [-0.4, -0.2) is 18.8 Å². The van der Waals surface area contributed by atoms with E-state index in [0.717, 1.165) is 12.3 Å². The molecule has 0 saturated carbocycles. The lowest BCUT2D eigenvalue weighted by Gasteiger charge is -2.07. The highest BCUT2D eigenvalue weighted by Crippen LogP contribution is 2.17. The highest BCUT2D eigenvalue weighted by atomic mass is 19.4. The molecule has 7 heteroatoms. The zero-order valence-electron chi connectivity index (χ0n) is 7.34. The predicted octanol–water partition coefficient (Wildman–Crippen LogP) is 0.722. The number of furan rings is 1. The van der Waals surface area contributed by atoms with E-state index in [2.05, 4.69) is 9.15 Å². The number of alkyl halides is 3. The van der Waals surface area contributed by atoms with Crippen LogP contribution in [0.3, 0.4) is 0 Å². The van der Waals surface area contributed by atoms with Crippen molar-refractivity contribution in [3.8, 4) is 0 Å². The summed E-state index contributed by atoms with van der Waals surface area (Å²) < 4.78 is 43.8. The number of hydrogen-bond donors (Lipinski definition) is 0. The number of aromatic carboxylic acids is 1. The van der Waals surface area contributed by atoms with Gasteiger partial charge in [-0.3, -0.25) is 0 Å². The van der Waals surface area contributed by atoms with Gasteiger partial charge in [0.05, 0.1) is 12.2 Å². The van der Waals surface area contributed by atoms with Crippen molar-refractivity contribution in [2.45, 2.75) is 12.8 Å². The van der Waals surface area contributed by atoms with E-state index in [-0.39, 0.29) is 11.3 Å². The Morgan fingerprint density at radius 3 is 2.73 bits per heavy atom. The van der Waals surface area contributed by atoms with E-state index in [9.17, 15) is 23.1 Å². The van der Waals surface area contributed by atoms with Gasteiger partial charge >= 0.3 is 6.18 Å². The molecule has 0 spiro atoms. The summed E-state index contributed by atoms with van der Waals surface area (Å²) in [6.45, 7) is -2.02. The first kappa shape index (κ1) is 11.6. The molecular weight excluding hydrogens is 217 g/mol. The smallest absolute Gasteiger partial charge is 0.411 e. The molecule has 0 radical (unpaired) electrons. The first-order valence-electron chi connectivity index (χ1n) is 3.82. The number of carboxylic acid groups (broad SMARTS) is 1. The number of halogens is 3. The fourth-order valence-corrected chi connectivity index (χ4v) is 0.894. The molecule has 0 aliphatic heterocycles. The Bertz CT molecular complexity index is 342. The zero-order chi connectivity index (χ0) is 11.5. The first-order valence-corrected chi connectivity index (χ1v) is 3.82. The van der Waals surface area contributed by atoms with Gasteiger partial charge in [-0.2, -0.15) is 13.2 Å². The van der Waals surface area contributed by atoms with Crippen molar-refractivity contribution in [2.24, 2.45) is 0 Å². The third-order valence-corrected chi connectivity index (χ3v) is 1.46. The molecule has 0 bridgehead atoms. The zero-order valence-corrected chi connectivity index (χ0v) is 7.34. The lowest BCUT2D eigenvalue weighted by atomic mass is 10.2. The van der Waals surface area contributed by atoms with Crippen LogP contribution in [0.4, 0.5) is 13.2 Å². The molecule has 0 unspecified atom stereocenters. The minimum atomic E-state index is -4.45. The van der Waals surface area contributed by atoms with Gasteiger partial charge in [0.15, 0.2) is 0 Å². The minimum Gasteiger partial charge on any atom is -0.545 e. The molecule has 0 fully saturated rings. The van der Waals surface area contributed by atoms with Gasteiger partial charge in [-0.15, -0.1) is 0 Å². The highest BCUT2D eigenvalue weighted by molar-refractivity contribution is 5.86. The normalized spacial score (nSPS) is 11.7. The molecule has 0 amide bonds. The Morgan fingerprint density at radius 2 is 2.20 bits per heavy atom. The fourth-order valence-electron chi connectivity index (χ4n) is 0.894. The highest BCUT2D eigenvalue weighted by Gasteiger charge is 2.27. The second-order valence-electron chi connectivity index (χ2n) is 2.65. The van der Waals surface area contributed by atoms with E-state index in [4.69, 9.17) is 0 Å². The second kappa shape index (κ2) is 4.35. The molecule has 15 heavy (non-hydrogen) atoms. The Balaban J connectivity index is 2.51. The number of ether oxygens (including phenoxy) is 1. The molecule has 84 valence electrons. The maximum Gasteiger partial charge on any atom is 0.411 e. The van der Waals surface area contributed by atoms with Gasteiger partial charge < -0.3 is 19.1 Å². The SMILES string of the molecule is O=C([O-])c1ccoc1COCC(F)(F)F.